The number of carbonyl (C=O) groups is 1. The van der Waals surface area contributed by atoms with E-state index < -0.39 is 0 Å². The highest BCUT2D eigenvalue weighted by atomic mass is 16.5. The standard InChI is InChI=1S/C12H15NO3/c1-15-11-6-9-4-3-5-13(8-14)10(9)7-12(11)16-2/h6-8H,3-5H2,1-2H3. The van der Waals surface area contributed by atoms with Crippen LogP contribution in [-0.4, -0.2) is 27.2 Å². The number of carbonyl (C=O) groups excluding carboxylic acids is 1. The topological polar surface area (TPSA) is 38.8 Å². The zero-order valence-corrected chi connectivity index (χ0v) is 9.53. The summed E-state index contributed by atoms with van der Waals surface area (Å²) in [6.45, 7) is 0.770. The first kappa shape index (κ1) is 10.8. The minimum absolute atomic E-state index is 0.662. The van der Waals surface area contributed by atoms with Crippen molar-refractivity contribution in [3.05, 3.63) is 17.7 Å². The third-order valence-electron chi connectivity index (χ3n) is 2.87. The van der Waals surface area contributed by atoms with Crippen LogP contribution in [0, 0.1) is 0 Å². The van der Waals surface area contributed by atoms with E-state index in [0.29, 0.717) is 11.5 Å². The van der Waals surface area contributed by atoms with Crippen LogP contribution in [0.3, 0.4) is 0 Å². The molecule has 4 nitrogen and oxygen atoms in total. The van der Waals surface area contributed by atoms with Crippen LogP contribution in [0.5, 0.6) is 11.5 Å². The monoisotopic (exact) mass is 221 g/mol. The van der Waals surface area contributed by atoms with Crippen LogP contribution in [0.15, 0.2) is 12.1 Å². The summed E-state index contributed by atoms with van der Waals surface area (Å²) in [6.07, 6.45) is 2.82. The number of hydrogen-bond donors (Lipinski definition) is 0. The van der Waals surface area contributed by atoms with Crippen molar-refractivity contribution in [2.75, 3.05) is 25.7 Å². The van der Waals surface area contributed by atoms with Crippen LogP contribution in [0.2, 0.25) is 0 Å². The van der Waals surface area contributed by atoms with E-state index in [1.165, 1.54) is 0 Å². The van der Waals surface area contributed by atoms with Crippen molar-refractivity contribution in [2.45, 2.75) is 12.8 Å². The number of amides is 1. The summed E-state index contributed by atoms with van der Waals surface area (Å²) in [6, 6.07) is 3.81. The Kier molecular flexibility index (Phi) is 2.99. The number of benzene rings is 1. The second kappa shape index (κ2) is 4.43. The van der Waals surface area contributed by atoms with E-state index >= 15 is 0 Å². The fraction of sp³-hybridized carbons (Fsp3) is 0.417. The van der Waals surface area contributed by atoms with E-state index in [9.17, 15) is 4.79 Å². The van der Waals surface area contributed by atoms with Gasteiger partial charge in [-0.25, -0.2) is 0 Å². The first-order chi connectivity index (χ1) is 7.80. The van der Waals surface area contributed by atoms with Gasteiger partial charge in [0.25, 0.3) is 0 Å². The van der Waals surface area contributed by atoms with Gasteiger partial charge in [-0.05, 0) is 24.5 Å². The van der Waals surface area contributed by atoms with Gasteiger partial charge in [0.1, 0.15) is 0 Å². The molecule has 1 aliphatic rings. The molecule has 0 N–H and O–H groups in total. The zero-order chi connectivity index (χ0) is 11.5. The lowest BCUT2D eigenvalue weighted by atomic mass is 10.0. The predicted molar refractivity (Wildman–Crippen MR) is 61.3 cm³/mol. The molecule has 0 radical (unpaired) electrons. The SMILES string of the molecule is COc1cc2c(cc1OC)N(C=O)CCC2. The summed E-state index contributed by atoms with van der Waals surface area (Å²) < 4.78 is 10.5. The van der Waals surface area contributed by atoms with E-state index in [4.69, 9.17) is 9.47 Å². The Morgan fingerprint density at radius 2 is 1.94 bits per heavy atom. The maximum Gasteiger partial charge on any atom is 0.214 e. The minimum atomic E-state index is 0.662. The van der Waals surface area contributed by atoms with E-state index in [1.54, 1.807) is 19.1 Å². The van der Waals surface area contributed by atoms with Gasteiger partial charge in [-0.15, -0.1) is 0 Å². The van der Waals surface area contributed by atoms with Gasteiger partial charge in [0.2, 0.25) is 6.41 Å². The van der Waals surface area contributed by atoms with Crippen molar-refractivity contribution in [3.63, 3.8) is 0 Å². The summed E-state index contributed by atoms with van der Waals surface area (Å²) >= 11 is 0. The van der Waals surface area contributed by atoms with Crippen molar-refractivity contribution in [1.29, 1.82) is 0 Å². The molecular weight excluding hydrogens is 206 g/mol. The molecule has 0 atom stereocenters. The number of anilines is 1. The molecule has 0 aliphatic carbocycles. The lowest BCUT2D eigenvalue weighted by molar-refractivity contribution is -0.107. The van der Waals surface area contributed by atoms with E-state index in [-0.39, 0.29) is 0 Å². The molecule has 0 unspecified atom stereocenters. The third-order valence-corrected chi connectivity index (χ3v) is 2.87. The molecule has 0 spiro atoms. The number of rotatable bonds is 3. The molecule has 0 saturated carbocycles. The van der Waals surface area contributed by atoms with Crippen LogP contribution in [0.4, 0.5) is 5.69 Å². The second-order valence-corrected chi connectivity index (χ2v) is 3.74. The van der Waals surface area contributed by atoms with Gasteiger partial charge in [-0.2, -0.15) is 0 Å². The smallest absolute Gasteiger partial charge is 0.214 e. The van der Waals surface area contributed by atoms with Gasteiger partial charge in [0, 0.05) is 12.6 Å². The summed E-state index contributed by atoms with van der Waals surface area (Å²) in [5.74, 6) is 1.38. The van der Waals surface area contributed by atoms with E-state index in [2.05, 4.69) is 0 Å². The van der Waals surface area contributed by atoms with Crippen LogP contribution in [-0.2, 0) is 11.2 Å². The quantitative estimate of drug-likeness (QED) is 0.728. The lowest BCUT2D eigenvalue weighted by Gasteiger charge is -2.27. The van der Waals surface area contributed by atoms with Crippen molar-refractivity contribution in [1.82, 2.24) is 0 Å². The van der Waals surface area contributed by atoms with Gasteiger partial charge in [0.15, 0.2) is 11.5 Å². The van der Waals surface area contributed by atoms with Crippen molar-refractivity contribution in [3.8, 4) is 11.5 Å². The number of methoxy groups -OCH3 is 2. The minimum Gasteiger partial charge on any atom is -0.493 e. The van der Waals surface area contributed by atoms with Gasteiger partial charge < -0.3 is 14.4 Å². The molecule has 86 valence electrons. The van der Waals surface area contributed by atoms with Gasteiger partial charge in [-0.1, -0.05) is 0 Å². The van der Waals surface area contributed by atoms with E-state index in [0.717, 1.165) is 37.0 Å². The first-order valence-corrected chi connectivity index (χ1v) is 5.27. The molecule has 0 fully saturated rings. The van der Waals surface area contributed by atoms with Crippen LogP contribution >= 0.6 is 0 Å². The zero-order valence-electron chi connectivity index (χ0n) is 9.53. The number of nitrogens with zero attached hydrogens (tertiary/aromatic N) is 1. The molecule has 1 aliphatic heterocycles. The fourth-order valence-corrected chi connectivity index (χ4v) is 2.05. The molecule has 4 heteroatoms. The normalized spacial score (nSPS) is 14.2. The molecule has 0 aromatic heterocycles. The summed E-state index contributed by atoms with van der Waals surface area (Å²) in [5, 5.41) is 0. The van der Waals surface area contributed by atoms with Crippen LogP contribution < -0.4 is 14.4 Å². The predicted octanol–water partition coefficient (Wildman–Crippen LogP) is 1.61. The number of aryl methyl sites for hydroxylation is 1. The largest absolute Gasteiger partial charge is 0.493 e. The average Bonchev–Trinajstić information content (AvgIpc) is 2.36. The Morgan fingerprint density at radius 3 is 2.56 bits per heavy atom. The highest BCUT2D eigenvalue weighted by molar-refractivity contribution is 5.79. The Balaban J connectivity index is 2.50. The summed E-state index contributed by atoms with van der Waals surface area (Å²) in [4.78, 5) is 12.6. The van der Waals surface area contributed by atoms with Gasteiger partial charge >= 0.3 is 0 Å². The number of ether oxygens (including phenoxy) is 2. The fourth-order valence-electron chi connectivity index (χ4n) is 2.05. The Bertz CT molecular complexity index is 403. The number of fused-ring (bicyclic) bond motifs is 1. The van der Waals surface area contributed by atoms with Crippen LogP contribution in [0.1, 0.15) is 12.0 Å². The molecule has 1 aromatic carbocycles. The molecule has 16 heavy (non-hydrogen) atoms. The summed E-state index contributed by atoms with van der Waals surface area (Å²) in [7, 11) is 3.21. The Morgan fingerprint density at radius 1 is 1.25 bits per heavy atom. The van der Waals surface area contributed by atoms with Gasteiger partial charge in [-0.3, -0.25) is 4.79 Å². The van der Waals surface area contributed by atoms with Crippen LogP contribution in [0.25, 0.3) is 0 Å². The molecule has 1 aromatic rings. The van der Waals surface area contributed by atoms with Crippen molar-refractivity contribution < 1.29 is 14.3 Å². The molecule has 2 rings (SSSR count). The highest BCUT2D eigenvalue weighted by Crippen LogP contribution is 2.37. The summed E-state index contributed by atoms with van der Waals surface area (Å²) in [5.41, 5.74) is 2.06. The Labute approximate surface area is 94.8 Å². The van der Waals surface area contributed by atoms with Crippen molar-refractivity contribution in [2.24, 2.45) is 0 Å². The van der Waals surface area contributed by atoms with E-state index in [1.807, 2.05) is 12.1 Å². The second-order valence-electron chi connectivity index (χ2n) is 3.74. The maximum atomic E-state index is 10.9. The highest BCUT2D eigenvalue weighted by Gasteiger charge is 2.19. The first-order valence-electron chi connectivity index (χ1n) is 5.27. The third kappa shape index (κ3) is 1.71. The van der Waals surface area contributed by atoms with Gasteiger partial charge in [0.05, 0.1) is 19.9 Å². The molecule has 1 amide bonds. The molecule has 1 heterocycles. The molecule has 0 saturated heterocycles. The maximum absolute atomic E-state index is 10.9. The molecular formula is C12H15NO3. The Hall–Kier alpha value is -1.71. The lowest BCUT2D eigenvalue weighted by Crippen LogP contribution is -2.27. The number of hydrogen-bond acceptors (Lipinski definition) is 3. The molecule has 0 bridgehead atoms. The average molecular weight is 221 g/mol. The van der Waals surface area contributed by atoms with Crippen molar-refractivity contribution >= 4 is 12.1 Å².